The minimum absolute atomic E-state index is 0.508. The van der Waals surface area contributed by atoms with E-state index in [-0.39, 0.29) is 0 Å². The van der Waals surface area contributed by atoms with E-state index in [1.165, 1.54) is 17.4 Å². The molecule has 0 saturated carbocycles. The molecule has 0 spiro atoms. The number of pyridine rings is 1. The highest BCUT2D eigenvalue weighted by molar-refractivity contribution is 5.91. The van der Waals surface area contributed by atoms with Crippen LogP contribution in [0.25, 0.3) is 22.2 Å². The van der Waals surface area contributed by atoms with Gasteiger partial charge >= 0.3 is 0 Å². The van der Waals surface area contributed by atoms with E-state index in [0.717, 1.165) is 41.5 Å². The summed E-state index contributed by atoms with van der Waals surface area (Å²) in [6, 6.07) is 10.7. The first-order chi connectivity index (χ1) is 12.1. The van der Waals surface area contributed by atoms with Gasteiger partial charge in [-0.05, 0) is 48.7 Å². The van der Waals surface area contributed by atoms with Crippen molar-refractivity contribution in [3.05, 3.63) is 42.1 Å². The summed E-state index contributed by atoms with van der Waals surface area (Å²) < 4.78 is 0. The average molecular weight is 337 g/mol. The Hall–Kier alpha value is -2.53. The van der Waals surface area contributed by atoms with Crippen molar-refractivity contribution >= 4 is 22.4 Å². The van der Waals surface area contributed by atoms with Crippen LogP contribution in [-0.4, -0.2) is 23.6 Å². The average Bonchev–Trinajstić information content (AvgIpc) is 3.01. The van der Waals surface area contributed by atoms with E-state index in [9.17, 15) is 0 Å². The lowest BCUT2D eigenvalue weighted by molar-refractivity contribution is 0.537. The van der Waals surface area contributed by atoms with E-state index in [2.05, 4.69) is 58.7 Å². The van der Waals surface area contributed by atoms with E-state index < -0.39 is 0 Å². The van der Waals surface area contributed by atoms with E-state index in [0.29, 0.717) is 5.82 Å². The van der Waals surface area contributed by atoms with Crippen molar-refractivity contribution in [2.45, 2.75) is 26.8 Å². The monoisotopic (exact) mass is 337 g/mol. The first kappa shape index (κ1) is 17.3. The Balaban J connectivity index is 1.82. The van der Waals surface area contributed by atoms with Crippen LogP contribution < -0.4 is 16.4 Å². The number of H-pyrrole nitrogens is 1. The number of nitrogen functional groups attached to an aromatic ring is 1. The van der Waals surface area contributed by atoms with Gasteiger partial charge in [0.1, 0.15) is 5.82 Å². The molecule has 5 nitrogen and oxygen atoms in total. The topological polar surface area (TPSA) is 78.8 Å². The number of aromatic amines is 1. The smallest absolute Gasteiger partial charge is 0.147 e. The fourth-order valence-corrected chi connectivity index (χ4v) is 3.03. The Morgan fingerprint density at radius 1 is 1.20 bits per heavy atom. The zero-order valence-electron chi connectivity index (χ0n) is 15.2. The molecule has 0 atom stereocenters. The third-order valence-corrected chi connectivity index (χ3v) is 4.43. The molecule has 2 heterocycles. The zero-order valence-corrected chi connectivity index (χ0v) is 15.2. The molecule has 0 aliphatic rings. The molecule has 0 fully saturated rings. The molecular formula is C20H27N5. The number of aromatic nitrogens is 2. The van der Waals surface area contributed by atoms with Gasteiger partial charge in [-0.15, -0.1) is 0 Å². The first-order valence-corrected chi connectivity index (χ1v) is 8.83. The summed E-state index contributed by atoms with van der Waals surface area (Å²) in [6.07, 6.45) is 2.94. The van der Waals surface area contributed by atoms with Crippen molar-refractivity contribution in [2.24, 2.45) is 5.92 Å². The fraction of sp³-hybridized carbons (Fsp3) is 0.350. The number of rotatable bonds is 7. The SMILES string of the molecule is CNc1c(-c2cc3cc(CNCCC(C)C)ccc3[nH]2)ccnc1N. The highest BCUT2D eigenvalue weighted by Gasteiger charge is 2.11. The Labute approximate surface area is 149 Å². The summed E-state index contributed by atoms with van der Waals surface area (Å²) in [4.78, 5) is 7.63. The van der Waals surface area contributed by atoms with E-state index in [4.69, 9.17) is 5.73 Å². The number of hydrogen-bond donors (Lipinski definition) is 4. The summed E-state index contributed by atoms with van der Waals surface area (Å²) in [5, 5.41) is 7.87. The predicted molar refractivity (Wildman–Crippen MR) is 107 cm³/mol. The molecule has 25 heavy (non-hydrogen) atoms. The maximum atomic E-state index is 5.98. The van der Waals surface area contributed by atoms with Gasteiger partial charge in [-0.25, -0.2) is 4.98 Å². The minimum atomic E-state index is 0.508. The lowest BCUT2D eigenvalue weighted by Gasteiger charge is -2.09. The Morgan fingerprint density at radius 3 is 2.80 bits per heavy atom. The Kier molecular flexibility index (Phi) is 5.24. The van der Waals surface area contributed by atoms with Crippen LogP contribution in [0, 0.1) is 5.92 Å². The van der Waals surface area contributed by atoms with Gasteiger partial charge in [0.2, 0.25) is 0 Å². The second-order valence-electron chi connectivity index (χ2n) is 6.83. The summed E-state index contributed by atoms with van der Waals surface area (Å²) in [7, 11) is 1.86. The molecule has 1 aromatic carbocycles. The summed E-state index contributed by atoms with van der Waals surface area (Å²) >= 11 is 0. The van der Waals surface area contributed by atoms with Crippen molar-refractivity contribution in [2.75, 3.05) is 24.6 Å². The second-order valence-corrected chi connectivity index (χ2v) is 6.83. The van der Waals surface area contributed by atoms with Gasteiger partial charge in [-0.3, -0.25) is 0 Å². The summed E-state index contributed by atoms with van der Waals surface area (Å²) in [5.74, 6) is 1.24. The van der Waals surface area contributed by atoms with E-state index in [1.54, 1.807) is 6.20 Å². The lowest BCUT2D eigenvalue weighted by atomic mass is 10.1. The molecule has 0 amide bonds. The molecule has 3 aromatic rings. The molecule has 2 aromatic heterocycles. The highest BCUT2D eigenvalue weighted by Crippen LogP contribution is 2.32. The van der Waals surface area contributed by atoms with E-state index in [1.807, 2.05) is 13.1 Å². The van der Waals surface area contributed by atoms with Crippen LogP contribution in [0.2, 0.25) is 0 Å². The van der Waals surface area contributed by atoms with Gasteiger partial charge in [0.05, 0.1) is 5.69 Å². The normalized spacial score (nSPS) is 11.4. The number of benzene rings is 1. The number of fused-ring (bicyclic) bond motifs is 1. The molecule has 3 rings (SSSR count). The quantitative estimate of drug-likeness (QED) is 0.492. The summed E-state index contributed by atoms with van der Waals surface area (Å²) in [6.45, 7) is 6.45. The van der Waals surface area contributed by atoms with Crippen molar-refractivity contribution in [3.63, 3.8) is 0 Å². The number of anilines is 2. The lowest BCUT2D eigenvalue weighted by Crippen LogP contribution is -2.16. The van der Waals surface area contributed by atoms with Crippen molar-refractivity contribution < 1.29 is 0 Å². The largest absolute Gasteiger partial charge is 0.385 e. The third-order valence-electron chi connectivity index (χ3n) is 4.43. The standard InChI is InChI=1S/C20H27N5/c1-13(2)6-8-23-12-14-4-5-17-15(10-14)11-18(25-17)16-7-9-24-20(21)19(16)22-3/h4-5,7,9-11,13,22-23,25H,6,8,12H2,1-3H3,(H2,21,24). The number of hydrogen-bond acceptors (Lipinski definition) is 4. The van der Waals surface area contributed by atoms with Gasteiger partial charge in [0.15, 0.2) is 0 Å². The maximum absolute atomic E-state index is 5.98. The molecule has 0 saturated heterocycles. The van der Waals surface area contributed by atoms with Crippen LogP contribution in [0.4, 0.5) is 11.5 Å². The first-order valence-electron chi connectivity index (χ1n) is 8.83. The molecule has 5 heteroatoms. The molecule has 0 aliphatic heterocycles. The minimum Gasteiger partial charge on any atom is -0.385 e. The fourth-order valence-electron chi connectivity index (χ4n) is 3.03. The summed E-state index contributed by atoms with van der Waals surface area (Å²) in [5.41, 5.74) is 11.3. The molecule has 5 N–H and O–H groups in total. The number of nitrogens with one attached hydrogen (secondary N) is 3. The van der Waals surface area contributed by atoms with Crippen molar-refractivity contribution in [3.8, 4) is 11.3 Å². The molecule has 0 aliphatic carbocycles. The van der Waals surface area contributed by atoms with Crippen LogP contribution in [0.3, 0.4) is 0 Å². The Morgan fingerprint density at radius 2 is 2.04 bits per heavy atom. The van der Waals surface area contributed by atoms with E-state index >= 15 is 0 Å². The van der Waals surface area contributed by atoms with Gasteiger partial charge in [-0.2, -0.15) is 0 Å². The Bertz CT molecular complexity index is 850. The van der Waals surface area contributed by atoms with Gasteiger partial charge in [0.25, 0.3) is 0 Å². The van der Waals surface area contributed by atoms with Crippen LogP contribution in [0.5, 0.6) is 0 Å². The van der Waals surface area contributed by atoms with Gasteiger partial charge < -0.3 is 21.4 Å². The van der Waals surface area contributed by atoms with Crippen molar-refractivity contribution in [1.29, 1.82) is 0 Å². The van der Waals surface area contributed by atoms with Crippen LogP contribution in [0.1, 0.15) is 25.8 Å². The highest BCUT2D eigenvalue weighted by atomic mass is 14.9. The third kappa shape index (κ3) is 3.94. The molecule has 0 radical (unpaired) electrons. The zero-order chi connectivity index (χ0) is 17.8. The van der Waals surface area contributed by atoms with Gasteiger partial charge in [-0.1, -0.05) is 19.9 Å². The van der Waals surface area contributed by atoms with Crippen LogP contribution in [0.15, 0.2) is 36.5 Å². The maximum Gasteiger partial charge on any atom is 0.147 e. The second kappa shape index (κ2) is 7.57. The molecule has 0 unspecified atom stereocenters. The van der Waals surface area contributed by atoms with Crippen LogP contribution in [-0.2, 0) is 6.54 Å². The predicted octanol–water partition coefficient (Wildman–Crippen LogP) is 3.99. The molecule has 132 valence electrons. The molecule has 0 bridgehead atoms. The van der Waals surface area contributed by atoms with Gasteiger partial charge in [0, 0.05) is 41.9 Å². The molecular weight excluding hydrogens is 310 g/mol. The van der Waals surface area contributed by atoms with Crippen molar-refractivity contribution in [1.82, 2.24) is 15.3 Å². The number of nitrogens with zero attached hydrogens (tertiary/aromatic N) is 1. The van der Waals surface area contributed by atoms with Crippen LogP contribution >= 0.6 is 0 Å². The number of nitrogens with two attached hydrogens (primary N) is 1.